The molecular formula is C24H19Cl2N5O4. The third-order valence-corrected chi connectivity index (χ3v) is 5.74. The van der Waals surface area contributed by atoms with Crippen molar-refractivity contribution >= 4 is 51.7 Å². The Bertz CT molecular complexity index is 1510. The molecule has 1 atom stereocenters. The summed E-state index contributed by atoms with van der Waals surface area (Å²) >= 11 is 12.3. The summed E-state index contributed by atoms with van der Waals surface area (Å²) in [6.07, 6.45) is 1.42. The number of fused-ring (bicyclic) bond motifs is 1. The minimum Gasteiger partial charge on any atom is -0.467 e. The molecule has 2 heterocycles. The lowest BCUT2D eigenvalue weighted by molar-refractivity contribution is 0.0938. The molecule has 4 rings (SSSR count). The summed E-state index contributed by atoms with van der Waals surface area (Å²) in [7, 11) is 1.40. The molecule has 2 amide bonds. The predicted octanol–water partition coefficient (Wildman–Crippen LogP) is 4.38. The quantitative estimate of drug-likeness (QED) is 0.352. The lowest BCUT2D eigenvalue weighted by Gasteiger charge is -2.15. The highest BCUT2D eigenvalue weighted by molar-refractivity contribution is 6.34. The summed E-state index contributed by atoms with van der Waals surface area (Å²) < 4.78 is 4.94. The van der Waals surface area contributed by atoms with Crippen LogP contribution in [0.3, 0.4) is 0 Å². The summed E-state index contributed by atoms with van der Waals surface area (Å²) in [6.45, 7) is 1.83. The van der Waals surface area contributed by atoms with E-state index >= 15 is 0 Å². The molecule has 0 unspecified atom stereocenters. The number of rotatable bonds is 6. The van der Waals surface area contributed by atoms with Gasteiger partial charge in [0.15, 0.2) is 0 Å². The van der Waals surface area contributed by atoms with Crippen molar-refractivity contribution in [1.29, 1.82) is 0 Å². The first-order chi connectivity index (χ1) is 16.7. The smallest absolute Gasteiger partial charge is 0.318 e. The zero-order valence-corrected chi connectivity index (χ0v) is 20.1. The fourth-order valence-electron chi connectivity index (χ4n) is 3.33. The van der Waals surface area contributed by atoms with Gasteiger partial charge < -0.3 is 20.4 Å². The number of halogens is 2. The van der Waals surface area contributed by atoms with Gasteiger partial charge in [-0.2, -0.15) is 4.98 Å². The molecule has 0 bridgehead atoms. The standard InChI is InChI=1S/C24H19Cl2N5O4/c1-12(13-4-3-5-16(25)8-13)28-21(32)14-6-7-18(26)19(10-14)29-22(33)17-9-15-11-27-24(35-2)31-20(15)30-23(17)34/h3-12H,1-2H3,(H,28,32)(H,29,33)(H,27,30,31,34)/t12-/m0/s1. The molecule has 0 radical (unpaired) electrons. The van der Waals surface area contributed by atoms with Crippen LogP contribution in [0.5, 0.6) is 6.01 Å². The summed E-state index contributed by atoms with van der Waals surface area (Å²) in [5.41, 5.74) is 0.675. The topological polar surface area (TPSA) is 126 Å². The fourth-order valence-corrected chi connectivity index (χ4v) is 3.70. The second kappa shape index (κ2) is 10.1. The number of aromatic amines is 1. The minimum absolute atomic E-state index is 0.0805. The molecule has 2 aromatic heterocycles. The molecule has 9 nitrogen and oxygen atoms in total. The van der Waals surface area contributed by atoms with Gasteiger partial charge in [-0.3, -0.25) is 14.4 Å². The molecular weight excluding hydrogens is 493 g/mol. The van der Waals surface area contributed by atoms with Gasteiger partial charge in [0.2, 0.25) is 0 Å². The number of nitrogens with zero attached hydrogens (tertiary/aromatic N) is 2. The Kier molecular flexibility index (Phi) is 6.99. The highest BCUT2D eigenvalue weighted by Gasteiger charge is 2.17. The molecule has 2 aromatic carbocycles. The van der Waals surface area contributed by atoms with Gasteiger partial charge in [0.05, 0.1) is 23.9 Å². The van der Waals surface area contributed by atoms with Crippen molar-refractivity contribution in [1.82, 2.24) is 20.3 Å². The van der Waals surface area contributed by atoms with Crippen LogP contribution in [-0.4, -0.2) is 33.9 Å². The molecule has 0 aliphatic carbocycles. The number of carbonyl (C=O) groups is 2. The Morgan fingerprint density at radius 3 is 2.63 bits per heavy atom. The fraction of sp³-hybridized carbons (Fsp3) is 0.125. The van der Waals surface area contributed by atoms with E-state index in [1.165, 1.54) is 37.6 Å². The Morgan fingerprint density at radius 2 is 1.89 bits per heavy atom. The Morgan fingerprint density at radius 1 is 1.09 bits per heavy atom. The number of methoxy groups -OCH3 is 1. The van der Waals surface area contributed by atoms with E-state index in [2.05, 4.69) is 25.6 Å². The molecule has 3 N–H and O–H groups in total. The van der Waals surface area contributed by atoms with Gasteiger partial charge >= 0.3 is 6.01 Å². The molecule has 178 valence electrons. The van der Waals surface area contributed by atoms with Gasteiger partial charge in [-0.05, 0) is 48.9 Å². The summed E-state index contributed by atoms with van der Waals surface area (Å²) in [4.78, 5) is 48.7. The number of hydrogen-bond donors (Lipinski definition) is 3. The van der Waals surface area contributed by atoms with E-state index in [4.69, 9.17) is 27.9 Å². The van der Waals surface area contributed by atoms with Crippen LogP contribution >= 0.6 is 23.2 Å². The van der Waals surface area contributed by atoms with Crippen molar-refractivity contribution in [3.05, 3.63) is 91.8 Å². The molecule has 4 aromatic rings. The maximum Gasteiger partial charge on any atom is 0.318 e. The number of pyridine rings is 1. The average Bonchev–Trinajstić information content (AvgIpc) is 2.84. The van der Waals surface area contributed by atoms with Gasteiger partial charge in [-0.1, -0.05) is 35.3 Å². The number of benzene rings is 2. The van der Waals surface area contributed by atoms with Gasteiger partial charge in [-0.15, -0.1) is 0 Å². The summed E-state index contributed by atoms with van der Waals surface area (Å²) in [5.74, 6) is -1.09. The van der Waals surface area contributed by atoms with Crippen LogP contribution in [0.2, 0.25) is 10.0 Å². The first-order valence-corrected chi connectivity index (χ1v) is 11.1. The average molecular weight is 512 g/mol. The van der Waals surface area contributed by atoms with Crippen molar-refractivity contribution in [3.63, 3.8) is 0 Å². The number of ether oxygens (including phenoxy) is 1. The molecule has 0 saturated heterocycles. The van der Waals surface area contributed by atoms with Crippen molar-refractivity contribution in [2.24, 2.45) is 0 Å². The molecule has 0 saturated carbocycles. The molecule has 0 aliphatic rings. The van der Waals surface area contributed by atoms with E-state index in [1.807, 2.05) is 13.0 Å². The van der Waals surface area contributed by atoms with Crippen LogP contribution in [0, 0.1) is 0 Å². The summed E-state index contributed by atoms with van der Waals surface area (Å²) in [5, 5.41) is 6.66. The Hall–Kier alpha value is -3.95. The van der Waals surface area contributed by atoms with Gasteiger partial charge in [0.1, 0.15) is 11.2 Å². The second-order valence-electron chi connectivity index (χ2n) is 7.57. The molecule has 0 spiro atoms. The third-order valence-electron chi connectivity index (χ3n) is 5.17. The zero-order valence-electron chi connectivity index (χ0n) is 18.6. The largest absolute Gasteiger partial charge is 0.467 e. The minimum atomic E-state index is -0.712. The number of aromatic nitrogens is 3. The van der Waals surface area contributed by atoms with Crippen LogP contribution in [-0.2, 0) is 0 Å². The number of amides is 2. The van der Waals surface area contributed by atoms with E-state index in [1.54, 1.807) is 18.2 Å². The van der Waals surface area contributed by atoms with E-state index in [0.717, 1.165) is 5.56 Å². The third kappa shape index (κ3) is 5.42. The first kappa shape index (κ1) is 24.2. The number of H-pyrrole nitrogens is 1. The number of anilines is 1. The molecule has 0 aliphatic heterocycles. The highest BCUT2D eigenvalue weighted by atomic mass is 35.5. The highest BCUT2D eigenvalue weighted by Crippen LogP contribution is 2.25. The zero-order chi connectivity index (χ0) is 25.1. The van der Waals surface area contributed by atoms with Gasteiger partial charge in [0, 0.05) is 22.2 Å². The van der Waals surface area contributed by atoms with E-state index in [9.17, 15) is 14.4 Å². The monoisotopic (exact) mass is 511 g/mol. The van der Waals surface area contributed by atoms with Crippen molar-refractivity contribution in [2.75, 3.05) is 12.4 Å². The van der Waals surface area contributed by atoms with Gasteiger partial charge in [-0.25, -0.2) is 4.98 Å². The van der Waals surface area contributed by atoms with E-state index in [0.29, 0.717) is 10.4 Å². The molecule has 0 fully saturated rings. The van der Waals surface area contributed by atoms with Crippen LogP contribution in [0.15, 0.2) is 59.5 Å². The second-order valence-corrected chi connectivity index (χ2v) is 8.42. The Labute approximate surface area is 209 Å². The van der Waals surface area contributed by atoms with Crippen molar-refractivity contribution < 1.29 is 14.3 Å². The number of hydrogen-bond acceptors (Lipinski definition) is 6. The SMILES string of the molecule is COc1ncc2cc(C(=O)Nc3cc(C(=O)N[C@@H](C)c4cccc(Cl)c4)ccc3Cl)c(=O)[nH]c2n1. The van der Waals surface area contributed by atoms with Crippen LogP contribution in [0.4, 0.5) is 5.69 Å². The van der Waals surface area contributed by atoms with Crippen LogP contribution in [0.25, 0.3) is 11.0 Å². The maximum absolute atomic E-state index is 12.9. The maximum atomic E-state index is 12.9. The lowest BCUT2D eigenvalue weighted by atomic mass is 10.1. The van der Waals surface area contributed by atoms with Crippen LogP contribution in [0.1, 0.15) is 39.2 Å². The van der Waals surface area contributed by atoms with E-state index in [-0.39, 0.29) is 45.4 Å². The van der Waals surface area contributed by atoms with Crippen molar-refractivity contribution in [2.45, 2.75) is 13.0 Å². The van der Waals surface area contributed by atoms with Crippen molar-refractivity contribution in [3.8, 4) is 6.01 Å². The van der Waals surface area contributed by atoms with Gasteiger partial charge in [0.25, 0.3) is 17.4 Å². The molecule has 35 heavy (non-hydrogen) atoms. The normalized spacial score (nSPS) is 11.7. The predicted molar refractivity (Wildman–Crippen MR) is 133 cm³/mol. The van der Waals surface area contributed by atoms with E-state index < -0.39 is 11.5 Å². The lowest BCUT2D eigenvalue weighted by Crippen LogP contribution is -2.27. The summed E-state index contributed by atoms with van der Waals surface area (Å²) in [6, 6.07) is 12.7. The number of nitrogens with one attached hydrogen (secondary N) is 3. The molecule has 11 heteroatoms. The number of carbonyl (C=O) groups excluding carboxylic acids is 2. The first-order valence-electron chi connectivity index (χ1n) is 10.4. The van der Waals surface area contributed by atoms with Crippen LogP contribution < -0.4 is 20.9 Å². The Balaban J connectivity index is 1.55.